The summed E-state index contributed by atoms with van der Waals surface area (Å²) in [4.78, 5) is 20.7. The van der Waals surface area contributed by atoms with Gasteiger partial charge in [0.05, 0.1) is 13.7 Å². The molecule has 0 radical (unpaired) electrons. The topological polar surface area (TPSA) is 63.5 Å². The van der Waals surface area contributed by atoms with Gasteiger partial charge in [0.2, 0.25) is 5.91 Å². The predicted octanol–water partition coefficient (Wildman–Crippen LogP) is 2.09. The standard InChI is InChI=1S/C21H31N5O2/c1-24(21(27)10-13-26-17-22-16-23-26)14-18-6-5-11-25(15-18)12-9-19-7-3-4-8-20(19)28-2/h3-4,7-8,16-18H,5-6,9-15H2,1-2H3. The minimum atomic E-state index is 0.168. The molecule has 7 heteroatoms. The number of piperidine rings is 1. The lowest BCUT2D eigenvalue weighted by Crippen LogP contribution is -2.42. The minimum Gasteiger partial charge on any atom is -0.496 e. The summed E-state index contributed by atoms with van der Waals surface area (Å²) in [5.74, 6) is 1.67. The van der Waals surface area contributed by atoms with Crippen molar-refractivity contribution in [2.75, 3.05) is 40.3 Å². The van der Waals surface area contributed by atoms with Gasteiger partial charge in [0.25, 0.3) is 0 Å². The molecule has 0 saturated carbocycles. The van der Waals surface area contributed by atoms with Crippen LogP contribution in [0.4, 0.5) is 0 Å². The van der Waals surface area contributed by atoms with Crippen LogP contribution in [0.15, 0.2) is 36.9 Å². The summed E-state index contributed by atoms with van der Waals surface area (Å²) in [6.45, 7) is 4.62. The number of methoxy groups -OCH3 is 1. The van der Waals surface area contributed by atoms with Gasteiger partial charge in [-0.2, -0.15) is 5.10 Å². The number of para-hydroxylation sites is 1. The first-order chi connectivity index (χ1) is 13.7. The average molecular weight is 386 g/mol. The van der Waals surface area contributed by atoms with E-state index in [1.165, 1.54) is 24.7 Å². The van der Waals surface area contributed by atoms with E-state index in [4.69, 9.17) is 4.74 Å². The van der Waals surface area contributed by atoms with Crippen LogP contribution in [0, 0.1) is 5.92 Å². The van der Waals surface area contributed by atoms with Crippen molar-refractivity contribution >= 4 is 5.91 Å². The molecule has 1 atom stereocenters. The van der Waals surface area contributed by atoms with E-state index >= 15 is 0 Å². The number of aryl methyl sites for hydroxylation is 1. The molecule has 3 rings (SSSR count). The number of likely N-dealkylation sites (tertiary alicyclic amines) is 1. The first kappa shape index (κ1) is 20.3. The molecule has 1 saturated heterocycles. The van der Waals surface area contributed by atoms with E-state index in [1.54, 1.807) is 18.1 Å². The second-order valence-electron chi connectivity index (χ2n) is 7.55. The molecule has 28 heavy (non-hydrogen) atoms. The maximum Gasteiger partial charge on any atom is 0.224 e. The molecule has 0 N–H and O–H groups in total. The molecule has 0 aliphatic carbocycles. The van der Waals surface area contributed by atoms with Crippen molar-refractivity contribution in [3.63, 3.8) is 0 Å². The van der Waals surface area contributed by atoms with Gasteiger partial charge >= 0.3 is 0 Å². The summed E-state index contributed by atoms with van der Waals surface area (Å²) in [6, 6.07) is 8.24. The van der Waals surface area contributed by atoms with Crippen LogP contribution in [0.1, 0.15) is 24.8 Å². The molecule has 1 aromatic carbocycles. The fourth-order valence-electron chi connectivity index (χ4n) is 3.93. The summed E-state index contributed by atoms with van der Waals surface area (Å²) in [6.07, 6.45) is 6.97. The maximum atomic E-state index is 12.4. The summed E-state index contributed by atoms with van der Waals surface area (Å²) in [5.41, 5.74) is 1.26. The number of carbonyl (C=O) groups excluding carboxylic acids is 1. The first-order valence-corrected chi connectivity index (χ1v) is 10.1. The third-order valence-electron chi connectivity index (χ3n) is 5.47. The van der Waals surface area contributed by atoms with Crippen molar-refractivity contribution in [2.45, 2.75) is 32.2 Å². The first-order valence-electron chi connectivity index (χ1n) is 10.1. The quantitative estimate of drug-likeness (QED) is 0.661. The highest BCUT2D eigenvalue weighted by Crippen LogP contribution is 2.21. The zero-order valence-corrected chi connectivity index (χ0v) is 17.0. The smallest absolute Gasteiger partial charge is 0.224 e. The minimum absolute atomic E-state index is 0.168. The fraction of sp³-hybridized carbons (Fsp3) is 0.571. The van der Waals surface area contributed by atoms with E-state index in [9.17, 15) is 4.79 Å². The van der Waals surface area contributed by atoms with Crippen molar-refractivity contribution in [1.29, 1.82) is 0 Å². The van der Waals surface area contributed by atoms with Crippen molar-refractivity contribution in [3.05, 3.63) is 42.5 Å². The van der Waals surface area contributed by atoms with Crippen molar-refractivity contribution in [1.82, 2.24) is 24.6 Å². The van der Waals surface area contributed by atoms with Crippen molar-refractivity contribution in [3.8, 4) is 5.75 Å². The molecule has 2 aromatic rings. The van der Waals surface area contributed by atoms with E-state index in [0.717, 1.165) is 38.3 Å². The lowest BCUT2D eigenvalue weighted by atomic mass is 9.97. The number of benzene rings is 1. The highest BCUT2D eigenvalue weighted by molar-refractivity contribution is 5.75. The number of carbonyl (C=O) groups is 1. The molecule has 2 heterocycles. The Labute approximate surface area is 167 Å². The van der Waals surface area contributed by atoms with E-state index in [-0.39, 0.29) is 5.91 Å². The van der Waals surface area contributed by atoms with E-state index in [1.807, 2.05) is 24.1 Å². The normalized spacial score (nSPS) is 17.4. The van der Waals surface area contributed by atoms with Gasteiger partial charge in [0, 0.05) is 33.1 Å². The third kappa shape index (κ3) is 5.79. The Bertz CT molecular complexity index is 734. The summed E-state index contributed by atoms with van der Waals surface area (Å²) >= 11 is 0. The van der Waals surface area contributed by atoms with Crippen molar-refractivity contribution < 1.29 is 9.53 Å². The van der Waals surface area contributed by atoms with Crippen LogP contribution in [0.2, 0.25) is 0 Å². The molecular formula is C21H31N5O2. The Kier molecular flexibility index (Phi) is 7.42. The van der Waals surface area contributed by atoms with E-state index in [0.29, 0.717) is 18.9 Å². The molecule has 1 aliphatic heterocycles. The third-order valence-corrected chi connectivity index (χ3v) is 5.47. The van der Waals surface area contributed by atoms with Gasteiger partial charge in [-0.15, -0.1) is 0 Å². The fourth-order valence-corrected chi connectivity index (χ4v) is 3.93. The van der Waals surface area contributed by atoms with Gasteiger partial charge in [-0.05, 0) is 43.4 Å². The SMILES string of the molecule is COc1ccccc1CCN1CCCC(CN(C)C(=O)CCn2cncn2)C1. The van der Waals surface area contributed by atoms with Crippen LogP contribution in [0.5, 0.6) is 5.75 Å². The van der Waals surface area contributed by atoms with E-state index in [2.05, 4.69) is 27.1 Å². The highest BCUT2D eigenvalue weighted by atomic mass is 16.5. The Morgan fingerprint density at radius 1 is 1.32 bits per heavy atom. The Morgan fingerprint density at radius 2 is 2.18 bits per heavy atom. The highest BCUT2D eigenvalue weighted by Gasteiger charge is 2.22. The van der Waals surface area contributed by atoms with E-state index < -0.39 is 0 Å². The Morgan fingerprint density at radius 3 is 2.96 bits per heavy atom. The number of nitrogens with zero attached hydrogens (tertiary/aromatic N) is 5. The van der Waals surface area contributed by atoms with Crippen LogP contribution in [-0.4, -0.2) is 70.8 Å². The van der Waals surface area contributed by atoms with Gasteiger partial charge in [-0.25, -0.2) is 4.98 Å². The Balaban J connectivity index is 1.43. The largest absolute Gasteiger partial charge is 0.496 e. The lowest BCUT2D eigenvalue weighted by molar-refractivity contribution is -0.131. The number of ether oxygens (including phenoxy) is 1. The van der Waals surface area contributed by atoms with Gasteiger partial charge in [-0.1, -0.05) is 18.2 Å². The van der Waals surface area contributed by atoms with Gasteiger partial charge < -0.3 is 14.5 Å². The maximum absolute atomic E-state index is 12.4. The number of aromatic nitrogens is 3. The second-order valence-corrected chi connectivity index (χ2v) is 7.55. The molecule has 152 valence electrons. The van der Waals surface area contributed by atoms with Crippen LogP contribution < -0.4 is 4.74 Å². The number of hydrogen-bond acceptors (Lipinski definition) is 5. The monoisotopic (exact) mass is 385 g/mol. The van der Waals surface area contributed by atoms with Crippen molar-refractivity contribution in [2.24, 2.45) is 5.92 Å². The molecular weight excluding hydrogens is 354 g/mol. The van der Waals surface area contributed by atoms with Crippen LogP contribution in [-0.2, 0) is 17.8 Å². The second kappa shape index (κ2) is 10.2. The molecule has 7 nitrogen and oxygen atoms in total. The Hall–Kier alpha value is -2.41. The zero-order valence-electron chi connectivity index (χ0n) is 17.0. The average Bonchev–Trinajstić information content (AvgIpc) is 3.24. The molecule has 1 aliphatic rings. The predicted molar refractivity (Wildman–Crippen MR) is 108 cm³/mol. The molecule has 0 bridgehead atoms. The summed E-state index contributed by atoms with van der Waals surface area (Å²) in [7, 11) is 3.64. The lowest BCUT2D eigenvalue weighted by Gasteiger charge is -2.34. The summed E-state index contributed by atoms with van der Waals surface area (Å²) in [5, 5.41) is 4.05. The molecule has 1 amide bonds. The summed E-state index contributed by atoms with van der Waals surface area (Å²) < 4.78 is 7.16. The van der Waals surface area contributed by atoms with Gasteiger partial charge in [-0.3, -0.25) is 9.48 Å². The number of rotatable bonds is 9. The number of amides is 1. The van der Waals surface area contributed by atoms with Crippen LogP contribution in [0.25, 0.3) is 0 Å². The zero-order chi connectivity index (χ0) is 19.8. The van der Waals surface area contributed by atoms with Gasteiger partial charge in [0.15, 0.2) is 0 Å². The number of hydrogen-bond donors (Lipinski definition) is 0. The molecule has 1 fully saturated rings. The molecule has 0 spiro atoms. The molecule has 1 unspecified atom stereocenters. The van der Waals surface area contributed by atoms with Crippen LogP contribution in [0.3, 0.4) is 0 Å². The van der Waals surface area contributed by atoms with Gasteiger partial charge in [0.1, 0.15) is 18.4 Å². The molecule has 1 aromatic heterocycles. The van der Waals surface area contributed by atoms with Crippen LogP contribution >= 0.6 is 0 Å².